The zero-order chi connectivity index (χ0) is 14.1. The second-order valence-electron chi connectivity index (χ2n) is 4.92. The maximum absolute atomic E-state index is 5.59. The molecule has 1 aromatic carbocycles. The molecular formula is C18H18OS. The number of ether oxygens (including phenoxy) is 1. The molecule has 1 nitrogen and oxygen atoms in total. The van der Waals surface area contributed by atoms with Crippen molar-refractivity contribution in [1.29, 1.82) is 0 Å². The van der Waals surface area contributed by atoms with Gasteiger partial charge >= 0.3 is 0 Å². The Morgan fingerprint density at radius 2 is 2.20 bits per heavy atom. The van der Waals surface area contributed by atoms with Crippen LogP contribution in [0.3, 0.4) is 0 Å². The Bertz CT molecular complexity index is 718. The highest BCUT2D eigenvalue weighted by molar-refractivity contribution is 7.17. The molecule has 0 unspecified atom stereocenters. The highest BCUT2D eigenvalue weighted by atomic mass is 32.1. The lowest BCUT2D eigenvalue weighted by molar-refractivity contribution is 0.241. The highest BCUT2D eigenvalue weighted by Crippen LogP contribution is 2.39. The molecule has 1 aromatic heterocycles. The van der Waals surface area contributed by atoms with Crippen LogP contribution in [-0.4, -0.2) is 6.61 Å². The fraction of sp³-hybridized carbons (Fsp3) is 0.222. The Labute approximate surface area is 123 Å². The van der Waals surface area contributed by atoms with Crippen molar-refractivity contribution in [3.05, 3.63) is 65.3 Å². The molecule has 2 aromatic rings. The molecule has 102 valence electrons. The van der Waals surface area contributed by atoms with E-state index in [1.807, 2.05) is 6.92 Å². The standard InChI is InChI=1S/C18H18OS/c1-4-19-13(3)15-7-5-6-14-8-9-17-16(10-11-20-17)18(14)12(15)2/h7-11H,2-6H2,1H3. The fourth-order valence-corrected chi connectivity index (χ4v) is 3.61. The lowest BCUT2D eigenvalue weighted by Crippen LogP contribution is -1.98. The largest absolute Gasteiger partial charge is 0.494 e. The second kappa shape index (κ2) is 5.29. The average Bonchev–Trinajstić information content (AvgIpc) is 2.84. The van der Waals surface area contributed by atoms with Gasteiger partial charge in [0.2, 0.25) is 0 Å². The monoisotopic (exact) mass is 282 g/mol. The Kier molecular flexibility index (Phi) is 3.49. The molecule has 0 bridgehead atoms. The van der Waals surface area contributed by atoms with E-state index in [0.29, 0.717) is 6.61 Å². The van der Waals surface area contributed by atoms with E-state index in [9.17, 15) is 0 Å². The summed E-state index contributed by atoms with van der Waals surface area (Å²) in [6.07, 6.45) is 4.25. The molecule has 0 radical (unpaired) electrons. The average molecular weight is 282 g/mol. The van der Waals surface area contributed by atoms with E-state index in [-0.39, 0.29) is 0 Å². The maximum Gasteiger partial charge on any atom is 0.119 e. The van der Waals surface area contributed by atoms with Crippen LogP contribution in [0, 0.1) is 0 Å². The minimum absolute atomic E-state index is 0.638. The third-order valence-electron chi connectivity index (χ3n) is 3.73. The van der Waals surface area contributed by atoms with Gasteiger partial charge in [0, 0.05) is 15.7 Å². The van der Waals surface area contributed by atoms with Crippen molar-refractivity contribution < 1.29 is 4.74 Å². The van der Waals surface area contributed by atoms with Crippen molar-refractivity contribution in [2.75, 3.05) is 6.61 Å². The number of aryl methyl sites for hydroxylation is 1. The third-order valence-corrected chi connectivity index (χ3v) is 4.61. The van der Waals surface area contributed by atoms with E-state index in [1.54, 1.807) is 11.3 Å². The smallest absolute Gasteiger partial charge is 0.119 e. The van der Waals surface area contributed by atoms with Gasteiger partial charge in [0.1, 0.15) is 5.76 Å². The Morgan fingerprint density at radius 1 is 1.35 bits per heavy atom. The Hall–Kier alpha value is -1.80. The van der Waals surface area contributed by atoms with Crippen molar-refractivity contribution >= 4 is 27.0 Å². The topological polar surface area (TPSA) is 9.23 Å². The van der Waals surface area contributed by atoms with Crippen molar-refractivity contribution in [3.8, 4) is 0 Å². The molecule has 0 fully saturated rings. The number of allylic oxidation sites excluding steroid dienone is 2. The van der Waals surface area contributed by atoms with E-state index in [0.717, 1.165) is 29.7 Å². The van der Waals surface area contributed by atoms with E-state index >= 15 is 0 Å². The van der Waals surface area contributed by atoms with Crippen LogP contribution in [0.5, 0.6) is 0 Å². The summed E-state index contributed by atoms with van der Waals surface area (Å²) >= 11 is 1.77. The summed E-state index contributed by atoms with van der Waals surface area (Å²) in [5.74, 6) is 0.734. The first-order chi connectivity index (χ1) is 9.72. The van der Waals surface area contributed by atoms with Gasteiger partial charge in [0.25, 0.3) is 0 Å². The summed E-state index contributed by atoms with van der Waals surface area (Å²) < 4.78 is 6.91. The first-order valence-corrected chi connectivity index (χ1v) is 7.81. The number of hydrogen-bond acceptors (Lipinski definition) is 2. The van der Waals surface area contributed by atoms with Gasteiger partial charge in [-0.05, 0) is 54.0 Å². The normalized spacial score (nSPS) is 14.7. The van der Waals surface area contributed by atoms with Gasteiger partial charge in [-0.3, -0.25) is 0 Å². The lowest BCUT2D eigenvalue weighted by atomic mass is 9.93. The van der Waals surface area contributed by atoms with Crippen molar-refractivity contribution in [2.45, 2.75) is 19.8 Å². The van der Waals surface area contributed by atoms with Crippen LogP contribution in [0.4, 0.5) is 0 Å². The molecule has 2 heteroatoms. The van der Waals surface area contributed by atoms with Gasteiger partial charge in [0.05, 0.1) is 6.61 Å². The maximum atomic E-state index is 5.59. The van der Waals surface area contributed by atoms with Crippen LogP contribution in [-0.2, 0) is 11.2 Å². The number of fused-ring (bicyclic) bond motifs is 3. The highest BCUT2D eigenvalue weighted by Gasteiger charge is 2.19. The summed E-state index contributed by atoms with van der Waals surface area (Å²) in [7, 11) is 0. The van der Waals surface area contributed by atoms with Gasteiger partial charge in [-0.2, -0.15) is 0 Å². The van der Waals surface area contributed by atoms with Crippen LogP contribution in [0.25, 0.3) is 15.7 Å². The van der Waals surface area contributed by atoms with Gasteiger partial charge in [-0.15, -0.1) is 11.3 Å². The quantitative estimate of drug-likeness (QED) is 0.691. The summed E-state index contributed by atoms with van der Waals surface area (Å²) in [6.45, 7) is 11.0. The molecule has 0 N–H and O–H groups in total. The summed E-state index contributed by atoms with van der Waals surface area (Å²) in [5.41, 5.74) is 4.74. The number of benzene rings is 1. The van der Waals surface area contributed by atoms with E-state index in [2.05, 4.69) is 42.8 Å². The Morgan fingerprint density at radius 3 is 3.00 bits per heavy atom. The van der Waals surface area contributed by atoms with E-state index < -0.39 is 0 Å². The molecule has 1 aliphatic rings. The fourth-order valence-electron chi connectivity index (χ4n) is 2.82. The molecule has 0 aliphatic heterocycles. The van der Waals surface area contributed by atoms with Crippen molar-refractivity contribution in [3.63, 3.8) is 0 Å². The minimum Gasteiger partial charge on any atom is -0.494 e. The lowest BCUT2D eigenvalue weighted by Gasteiger charge is -2.15. The predicted molar refractivity (Wildman–Crippen MR) is 88.0 cm³/mol. The molecule has 1 heterocycles. The molecule has 0 atom stereocenters. The SMILES string of the molecule is C=C(OCC)C1=CCCc2ccc3sccc3c2C1=C. The van der Waals surface area contributed by atoms with Gasteiger partial charge < -0.3 is 4.74 Å². The minimum atomic E-state index is 0.638. The molecule has 0 saturated heterocycles. The first-order valence-electron chi connectivity index (χ1n) is 6.93. The van der Waals surface area contributed by atoms with Crippen LogP contribution in [0.2, 0.25) is 0 Å². The van der Waals surface area contributed by atoms with Crippen LogP contribution < -0.4 is 0 Å². The number of rotatable bonds is 3. The molecule has 0 saturated carbocycles. The van der Waals surface area contributed by atoms with Gasteiger partial charge in [0.15, 0.2) is 0 Å². The molecule has 0 amide bonds. The van der Waals surface area contributed by atoms with Crippen LogP contribution in [0.15, 0.2) is 54.1 Å². The molecule has 1 aliphatic carbocycles. The molecular weight excluding hydrogens is 264 g/mol. The van der Waals surface area contributed by atoms with E-state index in [1.165, 1.54) is 21.2 Å². The van der Waals surface area contributed by atoms with Gasteiger partial charge in [-0.1, -0.05) is 25.3 Å². The van der Waals surface area contributed by atoms with Gasteiger partial charge in [-0.25, -0.2) is 0 Å². The van der Waals surface area contributed by atoms with Crippen molar-refractivity contribution in [2.24, 2.45) is 0 Å². The zero-order valence-electron chi connectivity index (χ0n) is 11.7. The number of hydrogen-bond donors (Lipinski definition) is 0. The van der Waals surface area contributed by atoms with E-state index in [4.69, 9.17) is 4.74 Å². The number of thiophene rings is 1. The first kappa shape index (κ1) is 13.2. The van der Waals surface area contributed by atoms with Crippen LogP contribution >= 0.6 is 11.3 Å². The van der Waals surface area contributed by atoms with Crippen LogP contribution in [0.1, 0.15) is 24.5 Å². The predicted octanol–water partition coefficient (Wildman–Crippen LogP) is 5.34. The summed E-state index contributed by atoms with van der Waals surface area (Å²) in [6, 6.07) is 6.64. The molecule has 0 spiro atoms. The second-order valence-corrected chi connectivity index (χ2v) is 5.87. The zero-order valence-corrected chi connectivity index (χ0v) is 12.6. The molecule has 3 rings (SSSR count). The summed E-state index contributed by atoms with van der Waals surface area (Å²) in [4.78, 5) is 0. The third kappa shape index (κ3) is 2.10. The Balaban J connectivity index is 2.14. The summed E-state index contributed by atoms with van der Waals surface area (Å²) in [5, 5.41) is 3.44. The van der Waals surface area contributed by atoms with Crippen molar-refractivity contribution in [1.82, 2.24) is 0 Å². The molecule has 20 heavy (non-hydrogen) atoms.